The van der Waals surface area contributed by atoms with Crippen LogP contribution in [0.3, 0.4) is 0 Å². The average Bonchev–Trinajstić information content (AvgIpc) is 3.87. The maximum atomic E-state index is 11.0. The van der Waals surface area contributed by atoms with Crippen molar-refractivity contribution in [3.63, 3.8) is 0 Å². The number of aryl methyl sites for hydroxylation is 2. The molecule has 0 unspecified atom stereocenters. The van der Waals surface area contributed by atoms with Gasteiger partial charge in [0.15, 0.2) is 20.8 Å². The number of hydrogen-bond donors (Lipinski definition) is 0. The number of imide groups is 2. The van der Waals surface area contributed by atoms with Crippen LogP contribution in [0.5, 0.6) is 0 Å². The van der Waals surface area contributed by atoms with Gasteiger partial charge < -0.3 is 38.7 Å². The van der Waals surface area contributed by atoms with Crippen molar-refractivity contribution in [1.82, 2.24) is 49.0 Å². The topological polar surface area (TPSA) is 148 Å². The fraction of sp³-hybridized carbons (Fsp3) is 0.605. The van der Waals surface area contributed by atoms with Crippen LogP contribution in [0.25, 0.3) is 0 Å². The minimum Gasteiger partial charge on any atom is -0.472 e. The van der Waals surface area contributed by atoms with E-state index in [0.717, 1.165) is 62.7 Å². The molecule has 5 aliphatic heterocycles. The molecule has 1 aromatic rings. The molecule has 0 saturated carbocycles. The zero-order chi connectivity index (χ0) is 44.8. The number of amides is 7. The number of thiocarbonyl (C=S) groups is 5. The van der Waals surface area contributed by atoms with Crippen LogP contribution in [-0.2, 0) is 14.4 Å². The van der Waals surface area contributed by atoms with Gasteiger partial charge in [0.05, 0.1) is 32.2 Å². The summed E-state index contributed by atoms with van der Waals surface area (Å²) in [6.07, 6.45) is 2.91. The Morgan fingerprint density at radius 2 is 0.783 bits per heavy atom. The predicted octanol–water partition coefficient (Wildman–Crippen LogP) is 3.74. The molecule has 5 saturated heterocycles. The molecule has 6 rings (SSSR count). The lowest BCUT2D eigenvalue weighted by Gasteiger charge is -2.14. The normalized spacial score (nSPS) is 17.1. The molecule has 22 heteroatoms. The van der Waals surface area contributed by atoms with Crippen LogP contribution in [0.1, 0.15) is 53.7 Å². The van der Waals surface area contributed by atoms with Gasteiger partial charge in [0.25, 0.3) is 0 Å². The van der Waals surface area contributed by atoms with Crippen molar-refractivity contribution in [2.24, 2.45) is 0 Å². The van der Waals surface area contributed by atoms with E-state index in [1.807, 2.05) is 42.6 Å². The van der Waals surface area contributed by atoms with Crippen molar-refractivity contribution in [2.75, 3.05) is 101 Å². The number of rotatable bonds is 4. The molecule has 0 atom stereocenters. The van der Waals surface area contributed by atoms with Crippen LogP contribution in [0.2, 0.25) is 0 Å². The Balaban J connectivity index is 0. The van der Waals surface area contributed by atoms with E-state index in [-0.39, 0.29) is 63.2 Å². The lowest BCUT2D eigenvalue weighted by atomic mass is 10.2. The Labute approximate surface area is 383 Å². The van der Waals surface area contributed by atoms with Crippen LogP contribution in [0.15, 0.2) is 21.7 Å². The van der Waals surface area contributed by atoms with Crippen molar-refractivity contribution >= 4 is 116 Å². The Bertz CT molecular complexity index is 1630. The number of hydrogen-bond acceptors (Lipinski definition) is 12. The average molecular weight is 933 g/mol. The summed E-state index contributed by atoms with van der Waals surface area (Å²) >= 11 is 25.3. The highest BCUT2D eigenvalue weighted by Gasteiger charge is 2.32. The molecule has 338 valence electrons. The molecule has 0 bridgehead atoms. The minimum atomic E-state index is -0.222. The summed E-state index contributed by atoms with van der Waals surface area (Å²) in [7, 11) is 10.1. The number of likely N-dealkylation sites (N-methyl/N-ethyl adjacent to an activating group) is 10. The third kappa shape index (κ3) is 15.7. The summed E-state index contributed by atoms with van der Waals surface area (Å²) in [5.74, 6) is -0.166. The van der Waals surface area contributed by atoms with Crippen molar-refractivity contribution in [3.05, 3.63) is 33.9 Å². The second kappa shape index (κ2) is 26.9. The van der Waals surface area contributed by atoms with Gasteiger partial charge in [-0.25, -0.2) is 9.59 Å². The summed E-state index contributed by atoms with van der Waals surface area (Å²) in [6, 6.07) is -0.410. The quantitative estimate of drug-likeness (QED) is 0.319. The van der Waals surface area contributed by atoms with E-state index in [1.54, 1.807) is 27.9 Å². The van der Waals surface area contributed by atoms with E-state index in [1.165, 1.54) is 41.3 Å². The molecule has 5 aliphatic rings. The summed E-state index contributed by atoms with van der Waals surface area (Å²) in [6.45, 7) is 17.3. The zero-order valence-corrected chi connectivity index (χ0v) is 39.5. The maximum Gasteiger partial charge on any atom is 0.326 e. The minimum absolute atomic E-state index is 0. The van der Waals surface area contributed by atoms with Crippen LogP contribution in [-0.4, -0.2) is 205 Å². The molecule has 6 heterocycles. The van der Waals surface area contributed by atoms with Crippen molar-refractivity contribution in [1.29, 1.82) is 0 Å². The van der Waals surface area contributed by atoms with Crippen LogP contribution in [0, 0.1) is 13.8 Å². The van der Waals surface area contributed by atoms with Gasteiger partial charge in [-0.05, 0) is 78.2 Å². The molecule has 1 aromatic heterocycles. The van der Waals surface area contributed by atoms with Gasteiger partial charge in [0, 0.05) is 79.6 Å². The van der Waals surface area contributed by atoms with Gasteiger partial charge in [0.1, 0.15) is 23.1 Å². The van der Waals surface area contributed by atoms with E-state index in [9.17, 15) is 28.8 Å². The third-order valence-corrected chi connectivity index (χ3v) is 11.5. The molecule has 7 amide bonds. The Morgan fingerprint density at radius 1 is 0.467 bits per heavy atom. The van der Waals surface area contributed by atoms with E-state index >= 15 is 0 Å². The maximum absolute atomic E-state index is 11.0. The van der Waals surface area contributed by atoms with Gasteiger partial charge in [-0.2, -0.15) is 0 Å². The van der Waals surface area contributed by atoms with E-state index in [4.69, 9.17) is 65.5 Å². The molecule has 0 aliphatic carbocycles. The Kier molecular flexibility index (Phi) is 25.9. The summed E-state index contributed by atoms with van der Waals surface area (Å²) < 4.78 is 4.82. The highest BCUT2D eigenvalue weighted by Crippen LogP contribution is 2.10. The SMILES string of the molecule is C.C.CCN1CC(=O)N(C)C1=O.CCN1CC(=O)N(C)C1=S.CCN1CC(=S)N(C)C1=S.CCN1CC(=S)N(C)C1=S.CN1CC(=O)N(C)C1=O.Cc1cocc(C)c1=O. The molecule has 0 N–H and O–H groups in total. The zero-order valence-electron chi connectivity index (χ0n) is 35.4. The first-order valence-corrected chi connectivity index (χ1v) is 20.3. The third-order valence-electron chi connectivity index (χ3n) is 9.12. The number of carbonyl (C=O) groups excluding carboxylic acids is 5. The van der Waals surface area contributed by atoms with Crippen molar-refractivity contribution in [2.45, 2.75) is 56.4 Å². The molecular formula is C38H64N10O7S5. The van der Waals surface area contributed by atoms with E-state index in [0.29, 0.717) is 29.3 Å². The van der Waals surface area contributed by atoms with Crippen LogP contribution in [0.4, 0.5) is 9.59 Å². The second-order valence-electron chi connectivity index (χ2n) is 13.2. The van der Waals surface area contributed by atoms with Gasteiger partial charge in [-0.1, -0.05) is 39.3 Å². The highest BCUT2D eigenvalue weighted by atomic mass is 32.1. The fourth-order valence-corrected chi connectivity index (χ4v) is 6.51. The fourth-order valence-electron chi connectivity index (χ4n) is 5.01. The van der Waals surface area contributed by atoms with Crippen molar-refractivity contribution in [3.8, 4) is 0 Å². The monoisotopic (exact) mass is 932 g/mol. The Hall–Kier alpha value is -4.25. The van der Waals surface area contributed by atoms with Crippen LogP contribution >= 0.6 is 61.1 Å². The molecule has 5 fully saturated rings. The lowest BCUT2D eigenvalue weighted by molar-refractivity contribution is -0.125. The van der Waals surface area contributed by atoms with Gasteiger partial charge in [0.2, 0.25) is 17.7 Å². The van der Waals surface area contributed by atoms with E-state index < -0.39 is 0 Å². The van der Waals surface area contributed by atoms with Gasteiger partial charge in [-0.15, -0.1) is 0 Å². The number of nitrogens with zero attached hydrogens (tertiary/aromatic N) is 10. The number of carbonyl (C=O) groups is 5. The largest absolute Gasteiger partial charge is 0.472 e. The van der Waals surface area contributed by atoms with Gasteiger partial charge >= 0.3 is 12.1 Å². The molecule has 60 heavy (non-hydrogen) atoms. The molecule has 0 aromatic carbocycles. The first-order valence-electron chi connectivity index (χ1n) is 18.3. The smallest absolute Gasteiger partial charge is 0.326 e. The molecule has 0 spiro atoms. The molecular weight excluding hydrogens is 869 g/mol. The first kappa shape index (κ1) is 57.8. The summed E-state index contributed by atoms with van der Waals surface area (Å²) in [5.41, 5.74) is 1.39. The molecule has 0 radical (unpaired) electrons. The standard InChI is InChI=1S/C7H8O2.C6H10N2O2.C6H10N2OS.2C6H10N2S2.C5H8N2O2.2CH4/c1-5-3-9-4-6(2)7(5)8;4*1-3-8-4-5(9)7(2)6(8)10;1-6-3-4(8)7(2)5(6)9;;/h3-4H,1-2H3;4*3-4H2,1-2H3;3H2,1-2H3;2*1H4. The highest BCUT2D eigenvalue weighted by molar-refractivity contribution is 7.82. The van der Waals surface area contributed by atoms with Gasteiger partial charge in [-0.3, -0.25) is 33.9 Å². The summed E-state index contributed by atoms with van der Waals surface area (Å²) in [5, 5.41) is 2.35. The Morgan fingerprint density at radius 3 is 0.950 bits per heavy atom. The molecule has 17 nitrogen and oxygen atoms in total. The predicted molar refractivity (Wildman–Crippen MR) is 257 cm³/mol. The first-order chi connectivity index (χ1) is 27.0. The van der Waals surface area contributed by atoms with E-state index in [2.05, 4.69) is 23.6 Å². The number of urea groups is 2. The summed E-state index contributed by atoms with van der Waals surface area (Å²) in [4.78, 5) is 83.4. The van der Waals surface area contributed by atoms with Crippen LogP contribution < -0.4 is 5.43 Å². The van der Waals surface area contributed by atoms with Crippen molar-refractivity contribution < 1.29 is 28.4 Å². The lowest BCUT2D eigenvalue weighted by Crippen LogP contribution is -2.29. The second-order valence-corrected chi connectivity index (χ2v) is 15.2.